The molecule has 1 aromatic rings. The number of rotatable bonds is 10. The van der Waals surface area contributed by atoms with Gasteiger partial charge in [0.2, 0.25) is 0 Å². The third kappa shape index (κ3) is 7.81. The minimum Gasteiger partial charge on any atom is -0.492 e. The fourth-order valence-corrected chi connectivity index (χ4v) is 4.81. The van der Waals surface area contributed by atoms with Crippen molar-refractivity contribution in [3.05, 3.63) is 39.8 Å². The van der Waals surface area contributed by atoms with E-state index in [0.29, 0.717) is 30.4 Å². The zero-order valence-electron chi connectivity index (χ0n) is 20.2. The van der Waals surface area contributed by atoms with Gasteiger partial charge in [-0.05, 0) is 35.1 Å². The van der Waals surface area contributed by atoms with Crippen molar-refractivity contribution in [2.45, 2.75) is 52.1 Å². The van der Waals surface area contributed by atoms with Crippen LogP contribution in [0.1, 0.15) is 50.8 Å². The van der Waals surface area contributed by atoms with Gasteiger partial charge in [-0.25, -0.2) is 0 Å². The molecule has 1 aliphatic heterocycles. The molecule has 0 saturated heterocycles. The number of carbonyl (C=O) groups is 1. The zero-order chi connectivity index (χ0) is 25.0. The van der Waals surface area contributed by atoms with E-state index in [2.05, 4.69) is 26.1 Å². The number of ketones is 1. The van der Waals surface area contributed by atoms with Gasteiger partial charge in [-0.2, -0.15) is 0 Å². The monoisotopic (exact) mass is 502 g/mol. The molecule has 1 aliphatic rings. The molecule has 2 atom stereocenters. The highest BCUT2D eigenvalue weighted by Gasteiger charge is 2.37. The van der Waals surface area contributed by atoms with E-state index in [1.165, 1.54) is 11.1 Å². The van der Waals surface area contributed by atoms with E-state index in [4.69, 9.17) is 21.1 Å². The maximum Gasteiger partial charge on any atom is 0.361 e. The molecule has 186 valence electrons. The quantitative estimate of drug-likeness (QED) is 0.251. The summed E-state index contributed by atoms with van der Waals surface area (Å²) < 4.78 is 22.9. The molecule has 2 unspecified atom stereocenters. The van der Waals surface area contributed by atoms with Gasteiger partial charge in [0.15, 0.2) is 5.78 Å². The number of nitrogens with one attached hydrogen (secondary N) is 1. The molecule has 8 nitrogen and oxygen atoms in total. The number of methoxy groups -OCH3 is 1. The Morgan fingerprint density at radius 2 is 1.97 bits per heavy atom. The number of hydrogen-bond acceptors (Lipinski definition) is 6. The molecule has 0 bridgehead atoms. The van der Waals surface area contributed by atoms with E-state index in [9.17, 15) is 19.1 Å². The lowest BCUT2D eigenvalue weighted by Gasteiger charge is -2.40. The molecular formula is C23H36ClN2O6P. The summed E-state index contributed by atoms with van der Waals surface area (Å²) in [6.07, 6.45) is 2.54. The van der Waals surface area contributed by atoms with Gasteiger partial charge in [-0.3, -0.25) is 9.36 Å². The molecule has 1 heterocycles. The predicted octanol–water partition coefficient (Wildman–Crippen LogP) is 3.90. The Balaban J connectivity index is 2.40. The Bertz CT molecular complexity index is 922. The topological polar surface area (TPSA) is 108 Å². The van der Waals surface area contributed by atoms with Crippen LogP contribution in [0.4, 0.5) is 0 Å². The largest absolute Gasteiger partial charge is 0.492 e. The van der Waals surface area contributed by atoms with Crippen molar-refractivity contribution < 1.29 is 28.6 Å². The van der Waals surface area contributed by atoms with Gasteiger partial charge in [0, 0.05) is 58.9 Å². The maximum absolute atomic E-state index is 13.0. The van der Waals surface area contributed by atoms with Crippen molar-refractivity contribution in [1.29, 1.82) is 0 Å². The second-order valence-electron chi connectivity index (χ2n) is 9.67. The Hall–Kier alpha value is -1.41. The van der Waals surface area contributed by atoms with E-state index in [1.807, 2.05) is 6.07 Å². The van der Waals surface area contributed by atoms with Crippen LogP contribution in [0.2, 0.25) is 5.02 Å². The second kappa shape index (κ2) is 11.3. The average molecular weight is 503 g/mol. The summed E-state index contributed by atoms with van der Waals surface area (Å²) in [5.41, 5.74) is 1.74. The molecule has 0 spiro atoms. The summed E-state index contributed by atoms with van der Waals surface area (Å²) in [6, 6.07) is 3.31. The SMILES string of the molecule is COCCCOc1cc2c(cc1Cl)C(CC(=O)C(=CN(C)C)P(=O)(O)O)NC(C(C)(C)C)C2. The minimum absolute atomic E-state index is 0.0432. The van der Waals surface area contributed by atoms with Crippen LogP contribution in [0.5, 0.6) is 5.75 Å². The van der Waals surface area contributed by atoms with E-state index >= 15 is 0 Å². The molecule has 2 rings (SSSR count). The van der Waals surface area contributed by atoms with Crippen molar-refractivity contribution in [3.63, 3.8) is 0 Å². The number of carbonyl (C=O) groups excluding carboxylic acids is 1. The smallest absolute Gasteiger partial charge is 0.361 e. The van der Waals surface area contributed by atoms with Gasteiger partial charge in [0.25, 0.3) is 0 Å². The number of ether oxygens (including phenoxy) is 2. The summed E-state index contributed by atoms with van der Waals surface area (Å²) in [7, 11) is 0.125. The lowest BCUT2D eigenvalue weighted by Crippen LogP contribution is -2.47. The predicted molar refractivity (Wildman–Crippen MR) is 130 cm³/mol. The fourth-order valence-electron chi connectivity index (χ4n) is 3.79. The van der Waals surface area contributed by atoms with Gasteiger partial charge in [0.1, 0.15) is 11.1 Å². The van der Waals surface area contributed by atoms with Crippen LogP contribution < -0.4 is 10.1 Å². The number of fused-ring (bicyclic) bond motifs is 1. The van der Waals surface area contributed by atoms with Crippen molar-refractivity contribution in [2.75, 3.05) is 34.4 Å². The number of allylic oxidation sites excluding steroid dienone is 1. The molecular weight excluding hydrogens is 467 g/mol. The summed E-state index contributed by atoms with van der Waals surface area (Å²) in [6.45, 7) is 7.39. The van der Waals surface area contributed by atoms with Crippen LogP contribution >= 0.6 is 19.2 Å². The van der Waals surface area contributed by atoms with E-state index in [1.54, 1.807) is 27.3 Å². The highest BCUT2D eigenvalue weighted by molar-refractivity contribution is 7.58. The third-order valence-electron chi connectivity index (χ3n) is 5.56. The number of hydrogen-bond donors (Lipinski definition) is 3. The van der Waals surface area contributed by atoms with Crippen molar-refractivity contribution in [3.8, 4) is 5.75 Å². The first-order valence-corrected chi connectivity index (χ1v) is 12.9. The zero-order valence-corrected chi connectivity index (χ0v) is 21.9. The standard InChI is InChI=1S/C23H36ClN2O6P/c1-23(2,3)22-11-15-10-20(32-9-7-8-31-6)17(24)12-16(15)18(25-22)13-19(27)21(14-26(4)5)33(28,29)30/h10,12,14,18,22,25H,7-9,11,13H2,1-6H3,(H2,28,29,30). The van der Waals surface area contributed by atoms with Gasteiger partial charge in [-0.1, -0.05) is 32.4 Å². The van der Waals surface area contributed by atoms with Crippen LogP contribution in [-0.2, 0) is 20.5 Å². The lowest BCUT2D eigenvalue weighted by atomic mass is 9.77. The van der Waals surface area contributed by atoms with Crippen molar-refractivity contribution >= 4 is 25.0 Å². The summed E-state index contributed by atoms with van der Waals surface area (Å²) in [5.74, 6) is -0.0272. The van der Waals surface area contributed by atoms with Crippen LogP contribution in [-0.4, -0.2) is 60.9 Å². The lowest BCUT2D eigenvalue weighted by molar-refractivity contribution is -0.115. The van der Waals surface area contributed by atoms with Gasteiger partial charge in [-0.15, -0.1) is 0 Å². The van der Waals surface area contributed by atoms with Crippen LogP contribution in [0.25, 0.3) is 0 Å². The summed E-state index contributed by atoms with van der Waals surface area (Å²) >= 11 is 6.49. The average Bonchev–Trinajstić information content (AvgIpc) is 2.68. The first-order chi connectivity index (χ1) is 15.2. The number of Topliss-reactive ketones (excluding diaryl/α,β-unsaturated/α-hetero) is 1. The molecule has 1 aromatic carbocycles. The number of benzene rings is 1. The molecule has 0 fully saturated rings. The van der Waals surface area contributed by atoms with Gasteiger partial charge >= 0.3 is 7.60 Å². The van der Waals surface area contributed by atoms with E-state index in [0.717, 1.165) is 17.5 Å². The second-order valence-corrected chi connectivity index (χ2v) is 11.6. The first-order valence-electron chi connectivity index (χ1n) is 10.9. The molecule has 0 saturated carbocycles. The highest BCUT2D eigenvalue weighted by atomic mass is 35.5. The third-order valence-corrected chi connectivity index (χ3v) is 6.85. The Morgan fingerprint density at radius 1 is 1.30 bits per heavy atom. The fraction of sp³-hybridized carbons (Fsp3) is 0.609. The maximum atomic E-state index is 13.0. The Kier molecular flexibility index (Phi) is 9.57. The normalized spacial score (nSPS) is 19.2. The summed E-state index contributed by atoms with van der Waals surface area (Å²) in [5, 5.41) is 3.44. The molecule has 0 radical (unpaired) electrons. The van der Waals surface area contributed by atoms with Gasteiger partial charge < -0.3 is 29.5 Å². The van der Waals surface area contributed by atoms with E-state index in [-0.39, 0.29) is 17.9 Å². The van der Waals surface area contributed by atoms with Crippen LogP contribution in [0.3, 0.4) is 0 Å². The summed E-state index contributed by atoms with van der Waals surface area (Å²) in [4.78, 5) is 33.9. The van der Waals surface area contributed by atoms with Gasteiger partial charge in [0.05, 0.1) is 11.6 Å². The first kappa shape index (κ1) is 27.8. The van der Waals surface area contributed by atoms with Crippen LogP contribution in [0, 0.1) is 5.41 Å². The molecule has 10 heteroatoms. The Morgan fingerprint density at radius 3 is 2.52 bits per heavy atom. The van der Waals surface area contributed by atoms with Crippen LogP contribution in [0.15, 0.2) is 23.6 Å². The molecule has 0 aliphatic carbocycles. The van der Waals surface area contributed by atoms with Crippen molar-refractivity contribution in [1.82, 2.24) is 10.2 Å². The molecule has 33 heavy (non-hydrogen) atoms. The molecule has 0 aromatic heterocycles. The highest BCUT2D eigenvalue weighted by Crippen LogP contribution is 2.47. The Labute approximate surface area is 201 Å². The number of nitrogens with zero attached hydrogens (tertiary/aromatic N) is 1. The molecule has 0 amide bonds. The van der Waals surface area contributed by atoms with Crippen molar-refractivity contribution in [2.24, 2.45) is 5.41 Å². The minimum atomic E-state index is -4.74. The number of halogens is 1. The molecule has 3 N–H and O–H groups in total. The van der Waals surface area contributed by atoms with E-state index < -0.39 is 24.7 Å².